The molecule has 2 rings (SSSR count). The fourth-order valence-corrected chi connectivity index (χ4v) is 2.53. The third-order valence-electron chi connectivity index (χ3n) is 3.55. The minimum Gasteiger partial charge on any atom is -0.348 e. The van der Waals surface area contributed by atoms with Crippen molar-refractivity contribution in [2.24, 2.45) is 0 Å². The zero-order chi connectivity index (χ0) is 14.9. The summed E-state index contributed by atoms with van der Waals surface area (Å²) in [6.45, 7) is 9.65. The van der Waals surface area contributed by atoms with Gasteiger partial charge in [0.05, 0.1) is 4.92 Å². The van der Waals surface area contributed by atoms with Gasteiger partial charge in [-0.3, -0.25) is 15.0 Å². The van der Waals surface area contributed by atoms with Crippen molar-refractivity contribution in [3.63, 3.8) is 0 Å². The van der Waals surface area contributed by atoms with Crippen LogP contribution in [0.3, 0.4) is 0 Å². The second-order valence-electron chi connectivity index (χ2n) is 5.88. The summed E-state index contributed by atoms with van der Waals surface area (Å²) in [5.41, 5.74) is 0.123. The molecular weight excluding hydrogens is 280 g/mol. The number of piperazine rings is 1. The van der Waals surface area contributed by atoms with Crippen molar-refractivity contribution in [3.05, 3.63) is 27.4 Å². The largest absolute Gasteiger partial charge is 0.348 e. The average Bonchev–Trinajstić information content (AvgIpc) is 2.37. The highest BCUT2D eigenvalue weighted by Gasteiger charge is 2.29. The van der Waals surface area contributed by atoms with Crippen molar-refractivity contribution < 1.29 is 4.92 Å². The van der Waals surface area contributed by atoms with E-state index in [2.05, 4.69) is 30.7 Å². The first-order chi connectivity index (χ1) is 9.29. The SMILES string of the molecule is CC(C)(C)N1CCN(c2nc(Cl)ccc2[N+](=O)[O-])CC1. The molecule has 1 aliphatic rings. The Balaban J connectivity index is 2.18. The summed E-state index contributed by atoms with van der Waals surface area (Å²) >= 11 is 5.87. The van der Waals surface area contributed by atoms with E-state index >= 15 is 0 Å². The maximum Gasteiger partial charge on any atom is 0.311 e. The summed E-state index contributed by atoms with van der Waals surface area (Å²) in [5.74, 6) is 0.371. The number of rotatable bonds is 2. The Labute approximate surface area is 123 Å². The lowest BCUT2D eigenvalue weighted by atomic mass is 10.0. The molecule has 0 radical (unpaired) electrons. The molecule has 0 atom stereocenters. The number of aromatic nitrogens is 1. The molecule has 0 unspecified atom stereocenters. The fourth-order valence-electron chi connectivity index (χ4n) is 2.38. The lowest BCUT2D eigenvalue weighted by Crippen LogP contribution is -2.53. The Hall–Kier alpha value is -1.40. The number of halogens is 1. The first-order valence-corrected chi connectivity index (χ1v) is 6.98. The van der Waals surface area contributed by atoms with Gasteiger partial charge in [-0.05, 0) is 26.8 Å². The molecular formula is C13H19ClN4O2. The first-order valence-electron chi connectivity index (χ1n) is 6.60. The smallest absolute Gasteiger partial charge is 0.311 e. The number of nitro groups is 1. The topological polar surface area (TPSA) is 62.5 Å². The Bertz CT molecular complexity index is 508. The molecule has 0 bridgehead atoms. The summed E-state index contributed by atoms with van der Waals surface area (Å²) in [4.78, 5) is 19.1. The molecule has 0 saturated carbocycles. The average molecular weight is 299 g/mol. The van der Waals surface area contributed by atoms with E-state index in [0.717, 1.165) is 13.1 Å². The van der Waals surface area contributed by atoms with Crippen LogP contribution in [0.1, 0.15) is 20.8 Å². The number of hydrogen-bond donors (Lipinski definition) is 0. The molecule has 0 amide bonds. The number of anilines is 1. The van der Waals surface area contributed by atoms with Gasteiger partial charge in [-0.2, -0.15) is 0 Å². The molecule has 1 aliphatic heterocycles. The highest BCUT2D eigenvalue weighted by atomic mass is 35.5. The zero-order valence-electron chi connectivity index (χ0n) is 12.0. The zero-order valence-corrected chi connectivity index (χ0v) is 12.7. The summed E-state index contributed by atoms with van der Waals surface area (Å²) in [6.07, 6.45) is 0. The van der Waals surface area contributed by atoms with Crippen molar-refractivity contribution in [2.75, 3.05) is 31.1 Å². The Morgan fingerprint density at radius 3 is 2.35 bits per heavy atom. The van der Waals surface area contributed by atoms with Gasteiger partial charge in [-0.15, -0.1) is 0 Å². The minimum absolute atomic E-state index is 0.0126. The van der Waals surface area contributed by atoms with Gasteiger partial charge in [0.25, 0.3) is 0 Å². The Morgan fingerprint density at radius 1 is 1.25 bits per heavy atom. The van der Waals surface area contributed by atoms with Crippen molar-refractivity contribution in [3.8, 4) is 0 Å². The van der Waals surface area contributed by atoms with E-state index in [1.807, 2.05) is 4.90 Å². The van der Waals surface area contributed by atoms with E-state index in [4.69, 9.17) is 11.6 Å². The van der Waals surface area contributed by atoms with Crippen LogP contribution in [0.5, 0.6) is 0 Å². The molecule has 7 heteroatoms. The van der Waals surface area contributed by atoms with Crippen LogP contribution in [0.15, 0.2) is 12.1 Å². The second kappa shape index (κ2) is 5.54. The molecule has 0 spiro atoms. The van der Waals surface area contributed by atoms with Gasteiger partial charge in [0.15, 0.2) is 0 Å². The standard InChI is InChI=1S/C13H19ClN4O2/c1-13(2,3)17-8-6-16(7-9-17)12-10(18(19)20)4-5-11(14)15-12/h4-5H,6-9H2,1-3H3. The van der Waals surface area contributed by atoms with Gasteiger partial charge < -0.3 is 4.90 Å². The molecule has 0 aliphatic carbocycles. The van der Waals surface area contributed by atoms with E-state index in [0.29, 0.717) is 18.9 Å². The summed E-state index contributed by atoms with van der Waals surface area (Å²) < 4.78 is 0. The van der Waals surface area contributed by atoms with Gasteiger partial charge in [0.2, 0.25) is 5.82 Å². The van der Waals surface area contributed by atoms with E-state index in [9.17, 15) is 10.1 Å². The summed E-state index contributed by atoms with van der Waals surface area (Å²) in [6, 6.07) is 2.87. The predicted octanol–water partition coefficient (Wildman–Crippen LogP) is 2.56. The summed E-state index contributed by atoms with van der Waals surface area (Å²) in [7, 11) is 0. The van der Waals surface area contributed by atoms with Crippen LogP contribution in [-0.4, -0.2) is 46.5 Å². The maximum absolute atomic E-state index is 11.1. The Morgan fingerprint density at radius 2 is 1.85 bits per heavy atom. The lowest BCUT2D eigenvalue weighted by Gasteiger charge is -2.42. The van der Waals surface area contributed by atoms with Crippen LogP contribution in [0.2, 0.25) is 5.15 Å². The first kappa shape index (κ1) is 15.0. The van der Waals surface area contributed by atoms with Crippen LogP contribution in [-0.2, 0) is 0 Å². The van der Waals surface area contributed by atoms with Gasteiger partial charge >= 0.3 is 5.69 Å². The van der Waals surface area contributed by atoms with Gasteiger partial charge in [0, 0.05) is 37.8 Å². The maximum atomic E-state index is 11.1. The fraction of sp³-hybridized carbons (Fsp3) is 0.615. The molecule has 1 fully saturated rings. The highest BCUT2D eigenvalue weighted by Crippen LogP contribution is 2.29. The monoisotopic (exact) mass is 298 g/mol. The predicted molar refractivity (Wildman–Crippen MR) is 79.4 cm³/mol. The summed E-state index contributed by atoms with van der Waals surface area (Å²) in [5, 5.41) is 11.4. The second-order valence-corrected chi connectivity index (χ2v) is 6.27. The van der Waals surface area contributed by atoms with Crippen LogP contribution < -0.4 is 4.90 Å². The van der Waals surface area contributed by atoms with Crippen LogP contribution in [0.25, 0.3) is 0 Å². The third kappa shape index (κ3) is 3.19. The normalized spacial score (nSPS) is 17.3. The third-order valence-corrected chi connectivity index (χ3v) is 3.76. The molecule has 2 heterocycles. The van der Waals surface area contributed by atoms with Gasteiger partial charge in [-0.25, -0.2) is 4.98 Å². The lowest BCUT2D eigenvalue weighted by molar-refractivity contribution is -0.384. The number of nitrogens with zero attached hydrogens (tertiary/aromatic N) is 4. The Kier molecular flexibility index (Phi) is 4.15. The van der Waals surface area contributed by atoms with Gasteiger partial charge in [-0.1, -0.05) is 11.6 Å². The minimum atomic E-state index is -0.408. The number of pyridine rings is 1. The van der Waals surface area contributed by atoms with Crippen LogP contribution >= 0.6 is 11.6 Å². The molecule has 1 aromatic heterocycles. The van der Waals surface area contributed by atoms with Crippen molar-refractivity contribution >= 4 is 23.1 Å². The molecule has 0 aromatic carbocycles. The van der Waals surface area contributed by atoms with E-state index < -0.39 is 4.92 Å². The van der Waals surface area contributed by atoms with E-state index in [1.165, 1.54) is 12.1 Å². The van der Waals surface area contributed by atoms with Crippen molar-refractivity contribution in [2.45, 2.75) is 26.3 Å². The van der Waals surface area contributed by atoms with Crippen molar-refractivity contribution in [1.29, 1.82) is 0 Å². The van der Waals surface area contributed by atoms with E-state index in [-0.39, 0.29) is 16.4 Å². The highest BCUT2D eigenvalue weighted by molar-refractivity contribution is 6.29. The van der Waals surface area contributed by atoms with E-state index in [1.54, 1.807) is 0 Å². The molecule has 1 aromatic rings. The number of hydrogen-bond acceptors (Lipinski definition) is 5. The van der Waals surface area contributed by atoms with Crippen molar-refractivity contribution in [1.82, 2.24) is 9.88 Å². The molecule has 20 heavy (non-hydrogen) atoms. The quantitative estimate of drug-likeness (QED) is 0.477. The molecule has 110 valence electrons. The van der Waals surface area contributed by atoms with Crippen LogP contribution in [0.4, 0.5) is 11.5 Å². The van der Waals surface area contributed by atoms with Gasteiger partial charge in [0.1, 0.15) is 5.15 Å². The molecule has 0 N–H and O–H groups in total. The molecule has 6 nitrogen and oxygen atoms in total. The van der Waals surface area contributed by atoms with Crippen LogP contribution in [0, 0.1) is 10.1 Å². The molecule has 1 saturated heterocycles.